The Morgan fingerprint density at radius 2 is 1.84 bits per heavy atom. The molecule has 19 heavy (non-hydrogen) atoms. The molecule has 2 aromatic carbocycles. The van der Waals surface area contributed by atoms with Crippen LogP contribution in [-0.4, -0.2) is 5.91 Å². The molecule has 0 fully saturated rings. The molecule has 1 amide bonds. The van der Waals surface area contributed by atoms with Gasteiger partial charge < -0.3 is 11.1 Å². The van der Waals surface area contributed by atoms with Crippen LogP contribution in [0.2, 0.25) is 5.02 Å². The molecule has 0 saturated heterocycles. The van der Waals surface area contributed by atoms with Gasteiger partial charge in [0.2, 0.25) is 0 Å². The summed E-state index contributed by atoms with van der Waals surface area (Å²) in [6.07, 6.45) is 0. The molecule has 4 heteroatoms. The van der Waals surface area contributed by atoms with Crippen LogP contribution in [0.1, 0.15) is 21.5 Å². The second-order valence-electron chi connectivity index (χ2n) is 4.41. The average molecular weight is 275 g/mol. The van der Waals surface area contributed by atoms with Crippen molar-refractivity contribution in [2.45, 2.75) is 13.8 Å². The molecule has 3 nitrogen and oxygen atoms in total. The van der Waals surface area contributed by atoms with Crippen LogP contribution >= 0.6 is 11.6 Å². The minimum atomic E-state index is -0.207. The van der Waals surface area contributed by atoms with Crippen molar-refractivity contribution in [1.82, 2.24) is 0 Å². The molecule has 98 valence electrons. The van der Waals surface area contributed by atoms with Gasteiger partial charge in [0.1, 0.15) is 0 Å². The van der Waals surface area contributed by atoms with Crippen molar-refractivity contribution in [1.29, 1.82) is 0 Å². The van der Waals surface area contributed by atoms with Crippen molar-refractivity contribution >= 4 is 28.9 Å². The number of para-hydroxylation sites is 1. The Bertz CT molecular complexity index is 618. The molecule has 0 saturated carbocycles. The van der Waals surface area contributed by atoms with E-state index in [1.54, 1.807) is 24.3 Å². The minimum absolute atomic E-state index is 0.207. The van der Waals surface area contributed by atoms with Crippen LogP contribution < -0.4 is 11.1 Å². The van der Waals surface area contributed by atoms with Crippen molar-refractivity contribution in [3.63, 3.8) is 0 Å². The van der Waals surface area contributed by atoms with Gasteiger partial charge in [-0.15, -0.1) is 0 Å². The van der Waals surface area contributed by atoms with E-state index in [-0.39, 0.29) is 5.91 Å². The lowest BCUT2D eigenvalue weighted by Crippen LogP contribution is -2.15. The van der Waals surface area contributed by atoms with Crippen molar-refractivity contribution in [3.05, 3.63) is 58.1 Å². The normalized spacial score (nSPS) is 10.3. The summed E-state index contributed by atoms with van der Waals surface area (Å²) in [7, 11) is 0. The summed E-state index contributed by atoms with van der Waals surface area (Å²) < 4.78 is 0. The van der Waals surface area contributed by atoms with Gasteiger partial charge in [0.25, 0.3) is 5.91 Å². The van der Waals surface area contributed by atoms with Crippen LogP contribution in [0.15, 0.2) is 36.4 Å². The monoisotopic (exact) mass is 274 g/mol. The smallest absolute Gasteiger partial charge is 0.256 e. The lowest BCUT2D eigenvalue weighted by Gasteiger charge is -2.12. The summed E-state index contributed by atoms with van der Waals surface area (Å²) in [6, 6.07) is 10.8. The van der Waals surface area contributed by atoms with Gasteiger partial charge in [-0.05, 0) is 43.2 Å². The maximum atomic E-state index is 12.3. The highest BCUT2D eigenvalue weighted by molar-refractivity contribution is 6.32. The van der Waals surface area contributed by atoms with Crippen LogP contribution in [0.25, 0.3) is 0 Å². The van der Waals surface area contributed by atoms with E-state index in [0.29, 0.717) is 22.0 Å². The standard InChI is InChI=1S/C15H15ClN2O/c1-9-5-3-8-13(17)14(9)18-15(19)11-6-4-7-12(16)10(11)2/h3-8H,17H2,1-2H3,(H,18,19). The lowest BCUT2D eigenvalue weighted by molar-refractivity contribution is 0.102. The summed E-state index contributed by atoms with van der Waals surface area (Å²) in [5.74, 6) is -0.207. The SMILES string of the molecule is Cc1cccc(N)c1NC(=O)c1cccc(Cl)c1C. The Labute approximate surface area is 117 Å². The maximum absolute atomic E-state index is 12.3. The highest BCUT2D eigenvalue weighted by Crippen LogP contribution is 2.25. The number of amides is 1. The number of nitrogen functional groups attached to an aromatic ring is 1. The topological polar surface area (TPSA) is 55.1 Å². The number of benzene rings is 2. The number of carbonyl (C=O) groups excluding carboxylic acids is 1. The van der Waals surface area contributed by atoms with E-state index in [1.807, 2.05) is 26.0 Å². The van der Waals surface area contributed by atoms with Crippen molar-refractivity contribution in [2.75, 3.05) is 11.1 Å². The Morgan fingerprint density at radius 1 is 1.16 bits per heavy atom. The Balaban J connectivity index is 2.34. The number of halogens is 1. The third kappa shape index (κ3) is 2.71. The van der Waals surface area contributed by atoms with E-state index in [0.717, 1.165) is 11.1 Å². The van der Waals surface area contributed by atoms with Gasteiger partial charge in [0.05, 0.1) is 11.4 Å². The van der Waals surface area contributed by atoms with Gasteiger partial charge in [-0.2, -0.15) is 0 Å². The van der Waals surface area contributed by atoms with Crippen LogP contribution in [-0.2, 0) is 0 Å². The van der Waals surface area contributed by atoms with Crippen LogP contribution in [0, 0.1) is 13.8 Å². The Kier molecular flexibility index (Phi) is 3.76. The van der Waals surface area contributed by atoms with E-state index in [4.69, 9.17) is 17.3 Å². The predicted octanol–water partition coefficient (Wildman–Crippen LogP) is 3.79. The fourth-order valence-electron chi connectivity index (χ4n) is 1.90. The van der Waals surface area contributed by atoms with E-state index in [9.17, 15) is 4.79 Å². The molecule has 0 bridgehead atoms. The number of aryl methyl sites for hydroxylation is 1. The highest BCUT2D eigenvalue weighted by atomic mass is 35.5. The maximum Gasteiger partial charge on any atom is 0.256 e. The van der Waals surface area contributed by atoms with Gasteiger partial charge in [-0.3, -0.25) is 4.79 Å². The third-order valence-corrected chi connectivity index (χ3v) is 3.47. The summed E-state index contributed by atoms with van der Waals surface area (Å²) in [5.41, 5.74) is 9.30. The number of hydrogen-bond acceptors (Lipinski definition) is 2. The van der Waals surface area contributed by atoms with Crippen LogP contribution in [0.3, 0.4) is 0 Å². The summed E-state index contributed by atoms with van der Waals surface area (Å²) >= 11 is 6.02. The average Bonchev–Trinajstić information content (AvgIpc) is 2.37. The molecule has 0 radical (unpaired) electrons. The zero-order chi connectivity index (χ0) is 14.0. The number of nitrogens with two attached hydrogens (primary N) is 1. The molecule has 0 aliphatic carbocycles. The zero-order valence-electron chi connectivity index (χ0n) is 10.8. The first kappa shape index (κ1) is 13.4. The zero-order valence-corrected chi connectivity index (χ0v) is 11.6. The molecule has 3 N–H and O–H groups in total. The van der Waals surface area contributed by atoms with E-state index < -0.39 is 0 Å². The molecule has 2 aromatic rings. The van der Waals surface area contributed by atoms with Gasteiger partial charge in [0, 0.05) is 10.6 Å². The summed E-state index contributed by atoms with van der Waals surface area (Å²) in [4.78, 5) is 12.3. The number of hydrogen-bond donors (Lipinski definition) is 2. The molecular formula is C15H15ClN2O. The number of anilines is 2. The Hall–Kier alpha value is -2.00. The first-order valence-electron chi connectivity index (χ1n) is 5.92. The molecule has 2 rings (SSSR count). The molecular weight excluding hydrogens is 260 g/mol. The van der Waals surface area contributed by atoms with E-state index in [2.05, 4.69) is 5.32 Å². The van der Waals surface area contributed by atoms with Crippen LogP contribution in [0.5, 0.6) is 0 Å². The number of nitrogens with one attached hydrogen (secondary N) is 1. The fourth-order valence-corrected chi connectivity index (χ4v) is 2.07. The van der Waals surface area contributed by atoms with Crippen molar-refractivity contribution in [3.8, 4) is 0 Å². The van der Waals surface area contributed by atoms with E-state index >= 15 is 0 Å². The molecule has 0 atom stereocenters. The highest BCUT2D eigenvalue weighted by Gasteiger charge is 2.13. The largest absolute Gasteiger partial charge is 0.397 e. The minimum Gasteiger partial charge on any atom is -0.397 e. The molecule has 0 aliphatic heterocycles. The Morgan fingerprint density at radius 3 is 2.53 bits per heavy atom. The van der Waals surface area contributed by atoms with Gasteiger partial charge in [0.15, 0.2) is 0 Å². The molecule has 0 aliphatic rings. The number of carbonyl (C=O) groups is 1. The molecule has 0 aromatic heterocycles. The van der Waals surface area contributed by atoms with Crippen LogP contribution in [0.4, 0.5) is 11.4 Å². The van der Waals surface area contributed by atoms with E-state index in [1.165, 1.54) is 0 Å². The first-order valence-corrected chi connectivity index (χ1v) is 6.30. The molecule has 0 spiro atoms. The molecule has 0 unspecified atom stereocenters. The lowest BCUT2D eigenvalue weighted by atomic mass is 10.1. The van der Waals surface area contributed by atoms with Crippen molar-refractivity contribution in [2.24, 2.45) is 0 Å². The summed E-state index contributed by atoms with van der Waals surface area (Å²) in [6.45, 7) is 3.72. The van der Waals surface area contributed by atoms with Crippen molar-refractivity contribution < 1.29 is 4.79 Å². The van der Waals surface area contributed by atoms with Gasteiger partial charge >= 0.3 is 0 Å². The third-order valence-electron chi connectivity index (χ3n) is 3.06. The second-order valence-corrected chi connectivity index (χ2v) is 4.81. The first-order chi connectivity index (χ1) is 9.00. The fraction of sp³-hybridized carbons (Fsp3) is 0.133. The van der Waals surface area contributed by atoms with Gasteiger partial charge in [-0.25, -0.2) is 0 Å². The summed E-state index contributed by atoms with van der Waals surface area (Å²) in [5, 5.41) is 3.41. The second kappa shape index (κ2) is 5.33. The molecule has 0 heterocycles. The number of rotatable bonds is 2. The predicted molar refractivity (Wildman–Crippen MR) is 79.7 cm³/mol. The van der Waals surface area contributed by atoms with Gasteiger partial charge in [-0.1, -0.05) is 29.8 Å². The quantitative estimate of drug-likeness (QED) is 0.819.